The number of aromatic hydroxyl groups is 1. The summed E-state index contributed by atoms with van der Waals surface area (Å²) < 4.78 is 0.866. The third kappa shape index (κ3) is 1.13. The molecule has 0 radical (unpaired) electrons. The largest absolute Gasteiger partial charge is 0.506 e. The van der Waals surface area contributed by atoms with Crippen LogP contribution >= 0.6 is 11.3 Å². The molecule has 1 N–H and O–H groups in total. The number of nitro groups is 1. The van der Waals surface area contributed by atoms with E-state index in [1.807, 2.05) is 0 Å². The number of hydrogen-bond acceptors (Lipinski definition) is 4. The Hall–Kier alpha value is -1.62. The lowest BCUT2D eigenvalue weighted by Crippen LogP contribution is -1.90. The molecular formula is C9H7NO3S. The van der Waals surface area contributed by atoms with E-state index in [4.69, 9.17) is 0 Å². The first-order chi connectivity index (χ1) is 6.61. The third-order valence-corrected chi connectivity index (χ3v) is 3.08. The summed E-state index contributed by atoms with van der Waals surface area (Å²) in [5, 5.41) is 22.3. The number of rotatable bonds is 1. The monoisotopic (exact) mass is 209 g/mol. The van der Waals surface area contributed by atoms with E-state index in [2.05, 4.69) is 0 Å². The Labute approximate surface area is 83.6 Å². The first kappa shape index (κ1) is 8.96. The second-order valence-electron chi connectivity index (χ2n) is 2.96. The molecule has 0 spiro atoms. The van der Waals surface area contributed by atoms with E-state index in [9.17, 15) is 15.2 Å². The van der Waals surface area contributed by atoms with Crippen LogP contribution in [0.25, 0.3) is 10.1 Å². The van der Waals surface area contributed by atoms with E-state index in [0.717, 1.165) is 4.70 Å². The van der Waals surface area contributed by atoms with Gasteiger partial charge in [0.25, 0.3) is 5.69 Å². The van der Waals surface area contributed by atoms with Gasteiger partial charge in [-0.15, -0.1) is 11.3 Å². The van der Waals surface area contributed by atoms with E-state index in [0.29, 0.717) is 10.9 Å². The molecule has 2 rings (SSSR count). The summed E-state index contributed by atoms with van der Waals surface area (Å²) in [6, 6.07) is 3.12. The Balaban J connectivity index is 2.86. The number of fused-ring (bicyclic) bond motifs is 1. The highest BCUT2D eigenvalue weighted by Gasteiger charge is 2.16. The number of aryl methyl sites for hydroxylation is 1. The third-order valence-electron chi connectivity index (χ3n) is 2.15. The zero-order valence-electron chi connectivity index (χ0n) is 7.35. The highest BCUT2D eigenvalue weighted by atomic mass is 32.1. The molecule has 0 fully saturated rings. The minimum Gasteiger partial charge on any atom is -0.506 e. The van der Waals surface area contributed by atoms with Crippen molar-refractivity contribution in [3.63, 3.8) is 0 Å². The van der Waals surface area contributed by atoms with E-state index in [1.165, 1.54) is 17.4 Å². The maximum absolute atomic E-state index is 10.6. The molecule has 0 atom stereocenters. The first-order valence-corrected chi connectivity index (χ1v) is 4.83. The van der Waals surface area contributed by atoms with Gasteiger partial charge in [0.2, 0.25) is 0 Å². The molecule has 0 amide bonds. The predicted molar refractivity (Wildman–Crippen MR) is 54.9 cm³/mol. The predicted octanol–water partition coefficient (Wildman–Crippen LogP) is 2.82. The van der Waals surface area contributed by atoms with Crippen LogP contribution in [0.1, 0.15) is 5.56 Å². The van der Waals surface area contributed by atoms with Crippen LogP contribution in [0.3, 0.4) is 0 Å². The molecule has 1 aromatic carbocycles. The van der Waals surface area contributed by atoms with Crippen LogP contribution in [0.5, 0.6) is 5.75 Å². The van der Waals surface area contributed by atoms with Gasteiger partial charge in [0, 0.05) is 27.1 Å². The van der Waals surface area contributed by atoms with Gasteiger partial charge in [-0.2, -0.15) is 0 Å². The van der Waals surface area contributed by atoms with Crippen LogP contribution in [-0.4, -0.2) is 10.0 Å². The van der Waals surface area contributed by atoms with Crippen molar-refractivity contribution in [2.45, 2.75) is 6.92 Å². The zero-order chi connectivity index (χ0) is 10.3. The molecule has 1 aromatic heterocycles. The molecule has 4 nitrogen and oxygen atoms in total. The van der Waals surface area contributed by atoms with E-state index in [-0.39, 0.29) is 11.4 Å². The summed E-state index contributed by atoms with van der Waals surface area (Å²) in [6.45, 7) is 1.65. The fourth-order valence-electron chi connectivity index (χ4n) is 1.47. The van der Waals surface area contributed by atoms with Gasteiger partial charge < -0.3 is 5.11 Å². The lowest BCUT2D eigenvalue weighted by Gasteiger charge is -1.98. The van der Waals surface area contributed by atoms with Crippen molar-refractivity contribution in [3.05, 3.63) is 33.2 Å². The maximum atomic E-state index is 10.6. The topological polar surface area (TPSA) is 63.4 Å². The smallest absolute Gasteiger partial charge is 0.273 e. The molecule has 0 unspecified atom stereocenters. The molecule has 2 aromatic rings. The minimum atomic E-state index is -0.439. The normalized spacial score (nSPS) is 10.6. The molecule has 5 heteroatoms. The van der Waals surface area contributed by atoms with Gasteiger partial charge in [0.1, 0.15) is 5.75 Å². The van der Waals surface area contributed by atoms with Crippen molar-refractivity contribution >= 4 is 27.1 Å². The SMILES string of the molecule is Cc1c([N+](=O)[O-])ccc2scc(O)c12. The van der Waals surface area contributed by atoms with E-state index >= 15 is 0 Å². The summed E-state index contributed by atoms with van der Waals surface area (Å²) in [6.07, 6.45) is 0. The lowest BCUT2D eigenvalue weighted by atomic mass is 10.1. The van der Waals surface area contributed by atoms with Crippen LogP contribution in [0.2, 0.25) is 0 Å². The van der Waals surface area contributed by atoms with Crippen LogP contribution in [0.4, 0.5) is 5.69 Å². The quantitative estimate of drug-likeness (QED) is 0.580. The Kier molecular flexibility index (Phi) is 1.89. The zero-order valence-corrected chi connectivity index (χ0v) is 8.17. The van der Waals surface area contributed by atoms with E-state index in [1.54, 1.807) is 18.4 Å². The fourth-order valence-corrected chi connectivity index (χ4v) is 2.35. The van der Waals surface area contributed by atoms with Gasteiger partial charge in [-0.05, 0) is 13.0 Å². The molecule has 0 saturated carbocycles. The summed E-state index contributed by atoms with van der Waals surface area (Å²) in [5.74, 6) is 0.117. The van der Waals surface area contributed by atoms with Gasteiger partial charge in [-0.1, -0.05) is 0 Å². The van der Waals surface area contributed by atoms with E-state index < -0.39 is 4.92 Å². The Morgan fingerprint density at radius 2 is 2.21 bits per heavy atom. The summed E-state index contributed by atoms with van der Waals surface area (Å²) in [7, 11) is 0. The van der Waals surface area contributed by atoms with Crippen molar-refractivity contribution < 1.29 is 10.0 Å². The molecule has 0 aliphatic heterocycles. The second kappa shape index (κ2) is 2.95. The Morgan fingerprint density at radius 3 is 2.86 bits per heavy atom. The Bertz CT molecular complexity index is 518. The van der Waals surface area contributed by atoms with Crippen LogP contribution in [-0.2, 0) is 0 Å². The van der Waals surface area contributed by atoms with Gasteiger partial charge in [0.15, 0.2) is 0 Å². The van der Waals surface area contributed by atoms with Gasteiger partial charge in [-0.3, -0.25) is 10.1 Å². The summed E-state index contributed by atoms with van der Waals surface area (Å²) in [5.41, 5.74) is 0.567. The molecule has 0 saturated heterocycles. The molecule has 0 aliphatic rings. The van der Waals surface area contributed by atoms with Crippen LogP contribution in [0.15, 0.2) is 17.5 Å². The average molecular weight is 209 g/mol. The highest BCUT2D eigenvalue weighted by Crippen LogP contribution is 2.37. The van der Waals surface area contributed by atoms with Crippen molar-refractivity contribution in [1.29, 1.82) is 0 Å². The number of thiophene rings is 1. The molecule has 1 heterocycles. The molecule has 72 valence electrons. The van der Waals surface area contributed by atoms with Crippen molar-refractivity contribution in [2.75, 3.05) is 0 Å². The Morgan fingerprint density at radius 1 is 1.50 bits per heavy atom. The van der Waals surface area contributed by atoms with Crippen molar-refractivity contribution in [2.24, 2.45) is 0 Å². The van der Waals surface area contributed by atoms with Crippen molar-refractivity contribution in [1.82, 2.24) is 0 Å². The van der Waals surface area contributed by atoms with Gasteiger partial charge in [-0.25, -0.2) is 0 Å². The molecule has 0 aliphatic carbocycles. The number of benzene rings is 1. The number of nitrogens with zero attached hydrogens (tertiary/aromatic N) is 1. The van der Waals surface area contributed by atoms with Crippen LogP contribution < -0.4 is 0 Å². The fraction of sp³-hybridized carbons (Fsp3) is 0.111. The minimum absolute atomic E-state index is 0.0474. The first-order valence-electron chi connectivity index (χ1n) is 3.95. The summed E-state index contributed by atoms with van der Waals surface area (Å²) >= 11 is 1.38. The average Bonchev–Trinajstić information content (AvgIpc) is 2.48. The van der Waals surface area contributed by atoms with Gasteiger partial charge in [0.05, 0.1) is 4.92 Å². The van der Waals surface area contributed by atoms with Crippen molar-refractivity contribution in [3.8, 4) is 5.75 Å². The molecule has 14 heavy (non-hydrogen) atoms. The standard InChI is InChI=1S/C9H7NO3S/c1-5-6(10(12)13)2-3-8-9(5)7(11)4-14-8/h2-4,11H,1H3. The number of hydrogen-bond donors (Lipinski definition) is 1. The highest BCUT2D eigenvalue weighted by molar-refractivity contribution is 7.17. The maximum Gasteiger partial charge on any atom is 0.273 e. The lowest BCUT2D eigenvalue weighted by molar-refractivity contribution is -0.385. The number of nitro benzene ring substituents is 1. The second-order valence-corrected chi connectivity index (χ2v) is 3.87. The molecule has 0 bridgehead atoms. The molecular weight excluding hydrogens is 202 g/mol. The summed E-state index contributed by atoms with van der Waals surface area (Å²) in [4.78, 5) is 10.2. The van der Waals surface area contributed by atoms with Gasteiger partial charge >= 0.3 is 0 Å². The van der Waals surface area contributed by atoms with Crippen LogP contribution in [0, 0.1) is 17.0 Å².